The highest BCUT2D eigenvalue weighted by molar-refractivity contribution is 6.30. The first-order valence-electron chi connectivity index (χ1n) is 7.47. The lowest BCUT2D eigenvalue weighted by atomic mass is 10.1. The van der Waals surface area contributed by atoms with Gasteiger partial charge in [0.25, 0.3) is 0 Å². The summed E-state index contributed by atoms with van der Waals surface area (Å²) in [5, 5.41) is 3.74. The molecule has 0 saturated carbocycles. The van der Waals surface area contributed by atoms with Gasteiger partial charge in [-0.2, -0.15) is 0 Å². The molecule has 0 spiro atoms. The first-order valence-corrected chi connectivity index (χ1v) is 7.85. The number of nitrogens with zero attached hydrogens (tertiary/aromatic N) is 1. The van der Waals surface area contributed by atoms with Crippen molar-refractivity contribution in [3.63, 3.8) is 0 Å². The molecule has 2 rings (SSSR count). The summed E-state index contributed by atoms with van der Waals surface area (Å²) in [6.07, 6.45) is 5.35. The minimum Gasteiger partial charge on any atom is -0.356 e. The highest BCUT2D eigenvalue weighted by atomic mass is 35.5. The fourth-order valence-corrected chi connectivity index (χ4v) is 2.65. The molecule has 1 amide bonds. The summed E-state index contributed by atoms with van der Waals surface area (Å²) in [4.78, 5) is 14.2. The normalized spacial score (nSPS) is 16.1. The first kappa shape index (κ1) is 15.3. The highest BCUT2D eigenvalue weighted by Gasteiger charge is 2.11. The van der Waals surface area contributed by atoms with E-state index in [2.05, 4.69) is 10.2 Å². The number of amides is 1. The summed E-state index contributed by atoms with van der Waals surface area (Å²) in [6, 6.07) is 7.77. The summed E-state index contributed by atoms with van der Waals surface area (Å²) in [5.74, 6) is 0.157. The predicted molar refractivity (Wildman–Crippen MR) is 83.1 cm³/mol. The zero-order valence-corrected chi connectivity index (χ0v) is 12.7. The maximum Gasteiger partial charge on any atom is 0.221 e. The number of carbonyl (C=O) groups is 1. The van der Waals surface area contributed by atoms with Gasteiger partial charge < -0.3 is 10.2 Å². The van der Waals surface area contributed by atoms with E-state index in [1.165, 1.54) is 24.8 Å². The van der Waals surface area contributed by atoms with Crippen LogP contribution in [0.4, 0.5) is 0 Å². The molecule has 0 unspecified atom stereocenters. The van der Waals surface area contributed by atoms with Crippen LogP contribution in [-0.4, -0.2) is 37.0 Å². The molecule has 4 heteroatoms. The van der Waals surface area contributed by atoms with Crippen molar-refractivity contribution in [1.29, 1.82) is 0 Å². The van der Waals surface area contributed by atoms with E-state index in [1.807, 2.05) is 24.3 Å². The number of hydrogen-bond acceptors (Lipinski definition) is 2. The third kappa shape index (κ3) is 5.51. The average Bonchev–Trinajstić information content (AvgIpc) is 2.48. The number of nitrogens with one attached hydrogen (secondary N) is 1. The van der Waals surface area contributed by atoms with Crippen molar-refractivity contribution < 1.29 is 4.79 Å². The van der Waals surface area contributed by atoms with Crippen molar-refractivity contribution in [2.75, 3.05) is 26.2 Å². The van der Waals surface area contributed by atoms with Crippen LogP contribution < -0.4 is 5.32 Å². The van der Waals surface area contributed by atoms with Crippen molar-refractivity contribution in [3.8, 4) is 0 Å². The van der Waals surface area contributed by atoms with Gasteiger partial charge in [-0.3, -0.25) is 4.79 Å². The molecule has 0 bridgehead atoms. The Balaban J connectivity index is 1.58. The van der Waals surface area contributed by atoms with Crippen LogP contribution in [0.2, 0.25) is 5.02 Å². The maximum atomic E-state index is 11.8. The van der Waals surface area contributed by atoms with Crippen LogP contribution in [-0.2, 0) is 11.2 Å². The Hall–Kier alpha value is -1.06. The summed E-state index contributed by atoms with van der Waals surface area (Å²) in [5.41, 5.74) is 1.20. The van der Waals surface area contributed by atoms with Gasteiger partial charge in [-0.1, -0.05) is 30.2 Å². The second kappa shape index (κ2) is 8.28. The lowest BCUT2D eigenvalue weighted by Gasteiger charge is -2.25. The smallest absolute Gasteiger partial charge is 0.221 e. The van der Waals surface area contributed by atoms with E-state index in [1.54, 1.807) is 0 Å². The van der Waals surface area contributed by atoms with Crippen molar-refractivity contribution in [2.45, 2.75) is 32.1 Å². The Bertz CT molecular complexity index is 413. The largest absolute Gasteiger partial charge is 0.356 e. The van der Waals surface area contributed by atoms with Crippen molar-refractivity contribution >= 4 is 17.5 Å². The molecule has 1 aromatic rings. The average molecular weight is 295 g/mol. The molecule has 20 heavy (non-hydrogen) atoms. The molecule has 0 aliphatic carbocycles. The van der Waals surface area contributed by atoms with Gasteiger partial charge in [0, 0.05) is 24.5 Å². The molecule has 1 heterocycles. The molecule has 1 N–H and O–H groups in total. The number of hydrogen-bond donors (Lipinski definition) is 1. The Morgan fingerprint density at radius 2 is 1.85 bits per heavy atom. The summed E-state index contributed by atoms with van der Waals surface area (Å²) < 4.78 is 0. The minimum atomic E-state index is 0.157. The first-order chi connectivity index (χ1) is 9.74. The van der Waals surface area contributed by atoms with Crippen LogP contribution in [0.3, 0.4) is 0 Å². The maximum absolute atomic E-state index is 11.8. The predicted octanol–water partition coefficient (Wildman–Crippen LogP) is 2.87. The topological polar surface area (TPSA) is 32.3 Å². The third-order valence-corrected chi connectivity index (χ3v) is 4.00. The van der Waals surface area contributed by atoms with Crippen LogP contribution in [0.25, 0.3) is 0 Å². The van der Waals surface area contributed by atoms with Gasteiger partial charge in [-0.05, 0) is 50.0 Å². The van der Waals surface area contributed by atoms with E-state index in [9.17, 15) is 4.79 Å². The fraction of sp³-hybridized carbons (Fsp3) is 0.562. The second-order valence-electron chi connectivity index (χ2n) is 5.38. The van der Waals surface area contributed by atoms with Crippen LogP contribution in [0, 0.1) is 0 Å². The standard InChI is InChI=1S/C16H23ClN2O/c17-15-6-4-14(5-7-15)8-10-18-16(20)9-13-19-11-2-1-3-12-19/h4-7H,1-3,8-13H2,(H,18,20). The van der Waals surface area contributed by atoms with E-state index in [4.69, 9.17) is 11.6 Å². The number of rotatable bonds is 6. The lowest BCUT2D eigenvalue weighted by Crippen LogP contribution is -2.34. The molecule has 1 aromatic carbocycles. The molecule has 1 aliphatic rings. The number of likely N-dealkylation sites (tertiary alicyclic amines) is 1. The van der Waals surface area contributed by atoms with Gasteiger partial charge in [-0.25, -0.2) is 0 Å². The SMILES string of the molecule is O=C(CCN1CCCCC1)NCCc1ccc(Cl)cc1. The number of piperidine rings is 1. The lowest BCUT2D eigenvalue weighted by molar-refractivity contribution is -0.121. The third-order valence-electron chi connectivity index (χ3n) is 3.75. The summed E-state index contributed by atoms with van der Waals surface area (Å²) in [7, 11) is 0. The van der Waals surface area contributed by atoms with Crippen molar-refractivity contribution in [2.24, 2.45) is 0 Å². The molecule has 110 valence electrons. The molecular weight excluding hydrogens is 272 g/mol. The zero-order chi connectivity index (χ0) is 14.2. The highest BCUT2D eigenvalue weighted by Crippen LogP contribution is 2.10. The molecule has 0 atom stereocenters. The Morgan fingerprint density at radius 3 is 2.55 bits per heavy atom. The van der Waals surface area contributed by atoms with Gasteiger partial charge in [0.05, 0.1) is 0 Å². The summed E-state index contributed by atoms with van der Waals surface area (Å²) in [6.45, 7) is 3.89. The molecule has 3 nitrogen and oxygen atoms in total. The van der Waals surface area contributed by atoms with Gasteiger partial charge in [0.2, 0.25) is 5.91 Å². The van der Waals surface area contributed by atoms with Gasteiger partial charge in [-0.15, -0.1) is 0 Å². The summed E-state index contributed by atoms with van der Waals surface area (Å²) >= 11 is 5.84. The van der Waals surface area contributed by atoms with E-state index < -0.39 is 0 Å². The quantitative estimate of drug-likeness (QED) is 0.875. The molecule has 0 aromatic heterocycles. The second-order valence-corrected chi connectivity index (χ2v) is 5.82. The van der Waals surface area contributed by atoms with Crippen molar-refractivity contribution in [1.82, 2.24) is 10.2 Å². The number of benzene rings is 1. The molecule has 1 saturated heterocycles. The number of carbonyl (C=O) groups excluding carboxylic acids is 1. The molecule has 0 radical (unpaired) electrons. The zero-order valence-electron chi connectivity index (χ0n) is 11.9. The van der Waals surface area contributed by atoms with Crippen LogP contribution >= 0.6 is 11.6 Å². The molecular formula is C16H23ClN2O. The molecule has 1 aliphatic heterocycles. The van der Waals surface area contributed by atoms with Crippen LogP contribution in [0.1, 0.15) is 31.2 Å². The van der Waals surface area contributed by atoms with E-state index in [0.29, 0.717) is 13.0 Å². The van der Waals surface area contributed by atoms with E-state index >= 15 is 0 Å². The van der Waals surface area contributed by atoms with E-state index in [0.717, 1.165) is 31.1 Å². The number of halogens is 1. The van der Waals surface area contributed by atoms with Crippen LogP contribution in [0.15, 0.2) is 24.3 Å². The molecule has 1 fully saturated rings. The van der Waals surface area contributed by atoms with Gasteiger partial charge in [0.1, 0.15) is 0 Å². The van der Waals surface area contributed by atoms with Gasteiger partial charge in [0.15, 0.2) is 0 Å². The van der Waals surface area contributed by atoms with E-state index in [-0.39, 0.29) is 5.91 Å². The Labute approximate surface area is 126 Å². The van der Waals surface area contributed by atoms with Crippen molar-refractivity contribution in [3.05, 3.63) is 34.9 Å². The Kier molecular flexibility index (Phi) is 6.34. The monoisotopic (exact) mass is 294 g/mol. The van der Waals surface area contributed by atoms with Crippen LogP contribution in [0.5, 0.6) is 0 Å². The Morgan fingerprint density at radius 1 is 1.15 bits per heavy atom. The van der Waals surface area contributed by atoms with Gasteiger partial charge >= 0.3 is 0 Å². The fourth-order valence-electron chi connectivity index (χ4n) is 2.53. The minimum absolute atomic E-state index is 0.157.